The van der Waals surface area contributed by atoms with Crippen LogP contribution in [0.4, 0.5) is 0 Å². The van der Waals surface area contributed by atoms with E-state index in [0.29, 0.717) is 13.1 Å². The maximum atomic E-state index is 13.1. The molecule has 0 aliphatic heterocycles. The molecule has 0 saturated heterocycles. The second kappa shape index (κ2) is 9.04. The standard InChI is InChI=1S/C24H25N3O4/c1-31-21-11-7-19(8-12-21)16-26(20-9-10-20)23(29)17-27-22(28)13-14-25(24(27)30)15-18-5-3-2-4-6-18/h2-8,11-14,20H,9-10,15-17H2,1H3. The van der Waals surface area contributed by atoms with Crippen LogP contribution in [0.15, 0.2) is 76.4 Å². The van der Waals surface area contributed by atoms with Gasteiger partial charge in [-0.3, -0.25) is 18.7 Å². The molecule has 0 unspecified atom stereocenters. The third kappa shape index (κ3) is 4.94. The Kier molecular flexibility index (Phi) is 6.02. The predicted molar refractivity (Wildman–Crippen MR) is 117 cm³/mol. The SMILES string of the molecule is COc1ccc(CN(C(=O)Cn2c(=O)ccn(Cc3ccccc3)c2=O)C2CC2)cc1. The van der Waals surface area contributed by atoms with Crippen molar-refractivity contribution in [3.05, 3.63) is 98.8 Å². The summed E-state index contributed by atoms with van der Waals surface area (Å²) in [6.45, 7) is 0.513. The Balaban J connectivity index is 1.53. The van der Waals surface area contributed by atoms with E-state index in [2.05, 4.69) is 0 Å². The molecule has 1 amide bonds. The van der Waals surface area contributed by atoms with Gasteiger partial charge in [0.05, 0.1) is 13.7 Å². The van der Waals surface area contributed by atoms with E-state index >= 15 is 0 Å². The summed E-state index contributed by atoms with van der Waals surface area (Å²) >= 11 is 0. The van der Waals surface area contributed by atoms with E-state index in [1.165, 1.54) is 16.8 Å². The molecular formula is C24H25N3O4. The lowest BCUT2D eigenvalue weighted by molar-refractivity contribution is -0.133. The van der Waals surface area contributed by atoms with Gasteiger partial charge in [0, 0.05) is 24.8 Å². The van der Waals surface area contributed by atoms with Crippen molar-refractivity contribution in [3.63, 3.8) is 0 Å². The smallest absolute Gasteiger partial charge is 0.331 e. The molecule has 160 valence electrons. The van der Waals surface area contributed by atoms with Crippen LogP contribution in [-0.2, 0) is 24.4 Å². The quantitative estimate of drug-likeness (QED) is 0.561. The summed E-state index contributed by atoms with van der Waals surface area (Å²) in [4.78, 5) is 40.1. The number of hydrogen-bond donors (Lipinski definition) is 0. The van der Waals surface area contributed by atoms with Crippen molar-refractivity contribution in [1.29, 1.82) is 0 Å². The molecule has 31 heavy (non-hydrogen) atoms. The normalized spacial score (nSPS) is 13.1. The van der Waals surface area contributed by atoms with Gasteiger partial charge in [-0.2, -0.15) is 0 Å². The Bertz CT molecular complexity index is 1160. The number of aromatic nitrogens is 2. The zero-order valence-corrected chi connectivity index (χ0v) is 17.4. The fraction of sp³-hybridized carbons (Fsp3) is 0.292. The first kappa shape index (κ1) is 20.7. The van der Waals surface area contributed by atoms with Crippen LogP contribution in [0.3, 0.4) is 0 Å². The highest BCUT2D eigenvalue weighted by molar-refractivity contribution is 5.76. The number of methoxy groups -OCH3 is 1. The molecule has 0 bridgehead atoms. The monoisotopic (exact) mass is 419 g/mol. The van der Waals surface area contributed by atoms with E-state index < -0.39 is 11.2 Å². The highest BCUT2D eigenvalue weighted by atomic mass is 16.5. The summed E-state index contributed by atoms with van der Waals surface area (Å²) in [5.74, 6) is 0.526. The van der Waals surface area contributed by atoms with Gasteiger partial charge in [0.25, 0.3) is 5.56 Å². The first-order valence-electron chi connectivity index (χ1n) is 10.3. The van der Waals surface area contributed by atoms with Crippen molar-refractivity contribution in [1.82, 2.24) is 14.0 Å². The van der Waals surface area contributed by atoms with E-state index in [1.807, 2.05) is 54.6 Å². The molecule has 2 aromatic carbocycles. The molecule has 7 nitrogen and oxygen atoms in total. The molecule has 1 aliphatic rings. The third-order valence-corrected chi connectivity index (χ3v) is 5.45. The first-order valence-corrected chi connectivity index (χ1v) is 10.3. The second-order valence-electron chi connectivity index (χ2n) is 7.74. The lowest BCUT2D eigenvalue weighted by atomic mass is 10.2. The van der Waals surface area contributed by atoms with Crippen molar-refractivity contribution in [2.75, 3.05) is 7.11 Å². The molecule has 1 fully saturated rings. The minimum atomic E-state index is -0.482. The van der Waals surface area contributed by atoms with Crippen molar-refractivity contribution in [2.24, 2.45) is 0 Å². The van der Waals surface area contributed by atoms with Crippen molar-refractivity contribution >= 4 is 5.91 Å². The molecule has 3 aromatic rings. The first-order chi connectivity index (χ1) is 15.0. The molecule has 0 spiro atoms. The van der Waals surface area contributed by atoms with E-state index in [4.69, 9.17) is 4.74 Å². The summed E-state index contributed by atoms with van der Waals surface area (Å²) in [5.41, 5.74) is 0.968. The van der Waals surface area contributed by atoms with Crippen LogP contribution in [0.5, 0.6) is 5.75 Å². The Labute approximate surface area is 180 Å². The maximum Gasteiger partial charge on any atom is 0.331 e. The number of hydrogen-bond acceptors (Lipinski definition) is 4. The molecule has 0 radical (unpaired) electrons. The summed E-state index contributed by atoms with van der Waals surface area (Å²) < 4.78 is 7.66. The fourth-order valence-electron chi connectivity index (χ4n) is 3.56. The summed E-state index contributed by atoms with van der Waals surface area (Å²) in [5, 5.41) is 0. The molecule has 1 heterocycles. The van der Waals surface area contributed by atoms with Gasteiger partial charge < -0.3 is 9.64 Å². The van der Waals surface area contributed by atoms with Gasteiger partial charge in [0.2, 0.25) is 5.91 Å². The molecule has 0 atom stereocenters. The highest BCUT2D eigenvalue weighted by Gasteiger charge is 2.33. The minimum Gasteiger partial charge on any atom is -0.497 e. The Morgan fingerprint density at radius 2 is 1.71 bits per heavy atom. The molecular weight excluding hydrogens is 394 g/mol. The van der Waals surface area contributed by atoms with E-state index in [0.717, 1.165) is 34.3 Å². The molecule has 1 aromatic heterocycles. The number of nitrogens with zero attached hydrogens (tertiary/aromatic N) is 3. The van der Waals surface area contributed by atoms with Crippen LogP contribution in [-0.4, -0.2) is 33.1 Å². The highest BCUT2D eigenvalue weighted by Crippen LogP contribution is 2.29. The molecule has 1 saturated carbocycles. The van der Waals surface area contributed by atoms with Crippen LogP contribution in [0.25, 0.3) is 0 Å². The van der Waals surface area contributed by atoms with Gasteiger partial charge in [-0.05, 0) is 36.1 Å². The average Bonchev–Trinajstić information content (AvgIpc) is 3.63. The lowest BCUT2D eigenvalue weighted by Crippen LogP contribution is -2.44. The number of rotatable bonds is 8. The second-order valence-corrected chi connectivity index (χ2v) is 7.74. The maximum absolute atomic E-state index is 13.1. The molecule has 4 rings (SSSR count). The Morgan fingerprint density at radius 3 is 2.35 bits per heavy atom. The largest absolute Gasteiger partial charge is 0.497 e. The van der Waals surface area contributed by atoms with Gasteiger partial charge in [-0.1, -0.05) is 42.5 Å². The van der Waals surface area contributed by atoms with E-state index in [1.54, 1.807) is 12.0 Å². The number of ether oxygens (including phenoxy) is 1. The van der Waals surface area contributed by atoms with Crippen LogP contribution >= 0.6 is 0 Å². The fourth-order valence-corrected chi connectivity index (χ4v) is 3.56. The zero-order valence-electron chi connectivity index (χ0n) is 17.4. The van der Waals surface area contributed by atoms with Gasteiger partial charge in [0.1, 0.15) is 12.3 Å². The van der Waals surface area contributed by atoms with Gasteiger partial charge in [-0.25, -0.2) is 4.79 Å². The van der Waals surface area contributed by atoms with Crippen LogP contribution < -0.4 is 16.0 Å². The lowest BCUT2D eigenvalue weighted by Gasteiger charge is -2.23. The number of benzene rings is 2. The molecule has 7 heteroatoms. The average molecular weight is 419 g/mol. The van der Waals surface area contributed by atoms with Crippen LogP contribution in [0, 0.1) is 0 Å². The molecule has 1 aliphatic carbocycles. The number of carbonyl (C=O) groups is 1. The summed E-state index contributed by atoms with van der Waals surface area (Å²) in [6.07, 6.45) is 3.35. The van der Waals surface area contributed by atoms with Crippen molar-refractivity contribution < 1.29 is 9.53 Å². The van der Waals surface area contributed by atoms with Gasteiger partial charge >= 0.3 is 5.69 Å². The zero-order chi connectivity index (χ0) is 21.8. The van der Waals surface area contributed by atoms with E-state index in [-0.39, 0.29) is 18.5 Å². The van der Waals surface area contributed by atoms with Crippen LogP contribution in [0.1, 0.15) is 24.0 Å². The van der Waals surface area contributed by atoms with Gasteiger partial charge in [-0.15, -0.1) is 0 Å². The number of carbonyl (C=O) groups excluding carboxylic acids is 1. The Hall–Kier alpha value is -3.61. The van der Waals surface area contributed by atoms with E-state index in [9.17, 15) is 14.4 Å². The Morgan fingerprint density at radius 1 is 1.00 bits per heavy atom. The molecule has 0 N–H and O–H groups in total. The third-order valence-electron chi connectivity index (χ3n) is 5.45. The summed E-state index contributed by atoms with van der Waals surface area (Å²) in [7, 11) is 1.61. The summed E-state index contributed by atoms with van der Waals surface area (Å²) in [6, 6.07) is 18.6. The van der Waals surface area contributed by atoms with Crippen molar-refractivity contribution in [3.8, 4) is 5.75 Å². The predicted octanol–water partition coefficient (Wildman–Crippen LogP) is 2.26. The number of amides is 1. The minimum absolute atomic E-state index is 0.153. The van der Waals surface area contributed by atoms with Crippen molar-refractivity contribution in [2.45, 2.75) is 38.5 Å². The topological polar surface area (TPSA) is 73.5 Å². The van der Waals surface area contributed by atoms with Crippen LogP contribution in [0.2, 0.25) is 0 Å². The van der Waals surface area contributed by atoms with Gasteiger partial charge in [0.15, 0.2) is 0 Å².